The van der Waals surface area contributed by atoms with Gasteiger partial charge >= 0.3 is 6.18 Å². The molecule has 5 heteroatoms. The van der Waals surface area contributed by atoms with E-state index in [1.165, 1.54) is 0 Å². The Morgan fingerprint density at radius 2 is 1.77 bits per heavy atom. The molecule has 2 nitrogen and oxygen atoms in total. The van der Waals surface area contributed by atoms with Crippen molar-refractivity contribution in [2.24, 2.45) is 0 Å². The molecule has 0 aliphatic carbocycles. The van der Waals surface area contributed by atoms with Gasteiger partial charge in [0.2, 0.25) is 0 Å². The Kier molecular flexibility index (Phi) is 2.13. The third kappa shape index (κ3) is 2.02. The first-order valence-corrected chi connectivity index (χ1v) is 3.84. The highest BCUT2D eigenvalue weighted by molar-refractivity contribution is 5.07. The molecule has 0 aromatic carbocycles. The van der Waals surface area contributed by atoms with Gasteiger partial charge in [-0.3, -0.25) is 4.68 Å². The molecule has 0 aliphatic rings. The maximum absolute atomic E-state index is 12.4. The van der Waals surface area contributed by atoms with Gasteiger partial charge in [-0.25, -0.2) is 0 Å². The van der Waals surface area contributed by atoms with E-state index in [0.717, 1.165) is 16.9 Å². The van der Waals surface area contributed by atoms with Crippen molar-refractivity contribution in [3.8, 4) is 0 Å². The Bertz CT molecular complexity index is 265. The predicted molar refractivity (Wildman–Crippen MR) is 42.2 cm³/mol. The standard InChI is InChI=1S/C8H11F3N2/c1-7(2,3)13-6(4-5-12-13)8(9,10)11/h4-5H,1-3H3. The number of rotatable bonds is 0. The lowest BCUT2D eigenvalue weighted by Crippen LogP contribution is -2.28. The van der Waals surface area contributed by atoms with Gasteiger partial charge in [0.1, 0.15) is 5.69 Å². The predicted octanol–water partition coefficient (Wildman–Crippen LogP) is 2.66. The van der Waals surface area contributed by atoms with Crippen LogP contribution in [0.5, 0.6) is 0 Å². The molecule has 0 unspecified atom stereocenters. The first kappa shape index (κ1) is 10.1. The minimum Gasteiger partial charge on any atom is -0.255 e. The van der Waals surface area contributed by atoms with Gasteiger partial charge in [-0.1, -0.05) is 0 Å². The van der Waals surface area contributed by atoms with Crippen LogP contribution in [0.15, 0.2) is 12.3 Å². The molecule has 0 fully saturated rings. The molecule has 0 aliphatic heterocycles. The van der Waals surface area contributed by atoms with Crippen molar-refractivity contribution in [2.45, 2.75) is 32.5 Å². The van der Waals surface area contributed by atoms with Crippen LogP contribution in [0.4, 0.5) is 13.2 Å². The zero-order valence-corrected chi connectivity index (χ0v) is 7.68. The Hall–Kier alpha value is -1.00. The summed E-state index contributed by atoms with van der Waals surface area (Å²) in [5, 5.41) is 3.65. The van der Waals surface area contributed by atoms with E-state index < -0.39 is 17.4 Å². The largest absolute Gasteiger partial charge is 0.433 e. The van der Waals surface area contributed by atoms with Gasteiger partial charge in [-0.2, -0.15) is 18.3 Å². The van der Waals surface area contributed by atoms with E-state index in [1.807, 2.05) is 0 Å². The van der Waals surface area contributed by atoms with Crippen LogP contribution < -0.4 is 0 Å². The lowest BCUT2D eigenvalue weighted by atomic mass is 10.1. The summed E-state index contributed by atoms with van der Waals surface area (Å²) < 4.78 is 38.0. The summed E-state index contributed by atoms with van der Waals surface area (Å²) in [7, 11) is 0. The molecule has 1 aromatic rings. The number of hydrogen-bond acceptors (Lipinski definition) is 1. The van der Waals surface area contributed by atoms with E-state index >= 15 is 0 Å². The minimum absolute atomic E-state index is 0.644. The second kappa shape index (κ2) is 2.75. The van der Waals surface area contributed by atoms with Crippen molar-refractivity contribution in [2.75, 3.05) is 0 Å². The average Bonchev–Trinajstić information content (AvgIpc) is 2.27. The highest BCUT2D eigenvalue weighted by Gasteiger charge is 2.37. The van der Waals surface area contributed by atoms with Gasteiger partial charge in [0.25, 0.3) is 0 Å². The van der Waals surface area contributed by atoms with Gasteiger partial charge < -0.3 is 0 Å². The number of nitrogens with zero attached hydrogens (tertiary/aromatic N) is 2. The second-order valence-electron chi connectivity index (χ2n) is 3.80. The van der Waals surface area contributed by atoms with Crippen molar-refractivity contribution in [1.82, 2.24) is 9.78 Å². The van der Waals surface area contributed by atoms with Gasteiger partial charge in [-0.15, -0.1) is 0 Å². The highest BCUT2D eigenvalue weighted by atomic mass is 19.4. The quantitative estimate of drug-likeness (QED) is 0.617. The average molecular weight is 192 g/mol. The molecular formula is C8H11F3N2. The fourth-order valence-electron chi connectivity index (χ4n) is 1.05. The van der Waals surface area contributed by atoms with Gasteiger partial charge in [-0.05, 0) is 26.8 Å². The number of halogens is 3. The lowest BCUT2D eigenvalue weighted by Gasteiger charge is -2.23. The first-order chi connectivity index (χ1) is 5.73. The molecule has 13 heavy (non-hydrogen) atoms. The summed E-state index contributed by atoms with van der Waals surface area (Å²) in [4.78, 5) is 0. The Morgan fingerprint density at radius 1 is 1.23 bits per heavy atom. The topological polar surface area (TPSA) is 17.8 Å². The van der Waals surface area contributed by atoms with Crippen LogP contribution in [-0.2, 0) is 11.7 Å². The summed E-state index contributed by atoms with van der Waals surface area (Å²) in [5.74, 6) is 0. The SMILES string of the molecule is CC(C)(C)n1nccc1C(F)(F)F. The smallest absolute Gasteiger partial charge is 0.255 e. The summed E-state index contributed by atoms with van der Waals surface area (Å²) in [5.41, 5.74) is -1.35. The van der Waals surface area contributed by atoms with Gasteiger partial charge in [0.05, 0.1) is 5.54 Å². The molecule has 0 N–H and O–H groups in total. The number of aromatic nitrogens is 2. The number of alkyl halides is 3. The molecule has 0 amide bonds. The molecule has 0 bridgehead atoms. The fourth-order valence-corrected chi connectivity index (χ4v) is 1.05. The molecule has 1 aromatic heterocycles. The normalized spacial score (nSPS) is 13.4. The summed E-state index contributed by atoms with van der Waals surface area (Å²) in [6.45, 7) is 5.03. The van der Waals surface area contributed by atoms with Gasteiger partial charge in [0.15, 0.2) is 0 Å². The third-order valence-electron chi connectivity index (χ3n) is 1.57. The van der Waals surface area contributed by atoms with Crippen molar-refractivity contribution in [3.63, 3.8) is 0 Å². The molecule has 0 saturated heterocycles. The van der Waals surface area contributed by atoms with Crippen LogP contribution in [0.25, 0.3) is 0 Å². The minimum atomic E-state index is -4.33. The summed E-state index contributed by atoms with van der Waals surface area (Å²) in [6, 6.07) is 0.977. The molecule has 0 radical (unpaired) electrons. The van der Waals surface area contributed by atoms with E-state index in [4.69, 9.17) is 0 Å². The van der Waals surface area contributed by atoms with E-state index in [1.54, 1.807) is 20.8 Å². The van der Waals surface area contributed by atoms with E-state index in [2.05, 4.69) is 5.10 Å². The van der Waals surface area contributed by atoms with Crippen molar-refractivity contribution < 1.29 is 13.2 Å². The Labute approximate surface area is 74.4 Å². The third-order valence-corrected chi connectivity index (χ3v) is 1.57. The highest BCUT2D eigenvalue weighted by Crippen LogP contribution is 2.31. The lowest BCUT2D eigenvalue weighted by molar-refractivity contribution is -0.146. The molecular weight excluding hydrogens is 181 g/mol. The van der Waals surface area contributed by atoms with E-state index in [9.17, 15) is 13.2 Å². The molecule has 0 atom stereocenters. The van der Waals surface area contributed by atoms with Crippen LogP contribution in [0, 0.1) is 0 Å². The van der Waals surface area contributed by atoms with E-state index in [-0.39, 0.29) is 0 Å². The zero-order valence-electron chi connectivity index (χ0n) is 7.68. The Balaban J connectivity index is 3.19. The maximum atomic E-state index is 12.4. The summed E-state index contributed by atoms with van der Waals surface area (Å²) >= 11 is 0. The zero-order chi connectivity index (χ0) is 10.3. The first-order valence-electron chi connectivity index (χ1n) is 3.84. The van der Waals surface area contributed by atoms with Crippen LogP contribution in [0.2, 0.25) is 0 Å². The van der Waals surface area contributed by atoms with Crippen LogP contribution >= 0.6 is 0 Å². The Morgan fingerprint density at radius 3 is 2.08 bits per heavy atom. The van der Waals surface area contributed by atoms with Crippen LogP contribution in [-0.4, -0.2) is 9.78 Å². The van der Waals surface area contributed by atoms with Crippen molar-refractivity contribution >= 4 is 0 Å². The monoisotopic (exact) mass is 192 g/mol. The number of hydrogen-bond donors (Lipinski definition) is 0. The molecule has 74 valence electrons. The van der Waals surface area contributed by atoms with Crippen molar-refractivity contribution in [3.05, 3.63) is 18.0 Å². The van der Waals surface area contributed by atoms with E-state index in [0.29, 0.717) is 0 Å². The van der Waals surface area contributed by atoms with Crippen molar-refractivity contribution in [1.29, 1.82) is 0 Å². The van der Waals surface area contributed by atoms with Crippen LogP contribution in [0.1, 0.15) is 26.5 Å². The maximum Gasteiger partial charge on any atom is 0.433 e. The summed E-state index contributed by atoms with van der Waals surface area (Å²) in [6.07, 6.45) is -3.17. The molecule has 0 spiro atoms. The fraction of sp³-hybridized carbons (Fsp3) is 0.625. The molecule has 0 saturated carbocycles. The molecule has 1 heterocycles. The molecule has 1 rings (SSSR count). The van der Waals surface area contributed by atoms with Gasteiger partial charge in [0, 0.05) is 6.20 Å². The van der Waals surface area contributed by atoms with Crippen LogP contribution in [0.3, 0.4) is 0 Å². The second-order valence-corrected chi connectivity index (χ2v) is 3.80.